The Balaban J connectivity index is 2.77. The molecule has 0 saturated heterocycles. The molecule has 0 amide bonds. The van der Waals surface area contributed by atoms with E-state index in [1.807, 2.05) is 32.8 Å². The van der Waals surface area contributed by atoms with Crippen LogP contribution in [0.1, 0.15) is 18.7 Å². The fourth-order valence-corrected chi connectivity index (χ4v) is 3.55. The normalized spacial score (nSPS) is 13.2. The van der Waals surface area contributed by atoms with E-state index < -0.39 is 10.0 Å². The Kier molecular flexibility index (Phi) is 4.90. The van der Waals surface area contributed by atoms with Crippen LogP contribution in [0, 0.1) is 0 Å². The van der Waals surface area contributed by atoms with Gasteiger partial charge >= 0.3 is 0 Å². The lowest BCUT2D eigenvalue weighted by molar-refractivity contribution is 0.199. The maximum atomic E-state index is 12.0. The maximum Gasteiger partial charge on any atom is 0.250 e. The molecule has 104 valence electrons. The van der Waals surface area contributed by atoms with Crippen LogP contribution in [-0.2, 0) is 16.6 Å². The number of hydrogen-bond acceptors (Lipinski definition) is 5. The summed E-state index contributed by atoms with van der Waals surface area (Å²) in [5.41, 5.74) is -0.260. The zero-order chi connectivity index (χ0) is 14.0. The Labute approximate surface area is 112 Å². The van der Waals surface area contributed by atoms with E-state index in [1.54, 1.807) is 6.07 Å². The van der Waals surface area contributed by atoms with E-state index in [9.17, 15) is 8.42 Å². The molecular formula is C11H20N2O3S2. The molecule has 0 aromatic carbocycles. The summed E-state index contributed by atoms with van der Waals surface area (Å²) in [6.45, 7) is 4.12. The molecule has 0 aliphatic rings. The van der Waals surface area contributed by atoms with E-state index >= 15 is 0 Å². The molecule has 0 saturated carbocycles. The molecule has 0 aliphatic carbocycles. The van der Waals surface area contributed by atoms with E-state index in [0.717, 1.165) is 11.3 Å². The highest BCUT2D eigenvalue weighted by Crippen LogP contribution is 2.21. The first-order chi connectivity index (χ1) is 8.19. The molecule has 0 aliphatic heterocycles. The lowest BCUT2D eigenvalue weighted by Crippen LogP contribution is -2.47. The zero-order valence-electron chi connectivity index (χ0n) is 11.1. The number of hydrogen-bond donors (Lipinski definition) is 2. The third-order valence-corrected chi connectivity index (χ3v) is 5.93. The van der Waals surface area contributed by atoms with Crippen LogP contribution in [0.15, 0.2) is 16.3 Å². The number of likely N-dealkylation sites (N-methyl/N-ethyl adjacent to an activating group) is 1. The fourth-order valence-electron chi connectivity index (χ4n) is 1.09. The summed E-state index contributed by atoms with van der Waals surface area (Å²) in [7, 11) is 0.327. The smallest absolute Gasteiger partial charge is 0.250 e. The van der Waals surface area contributed by atoms with Crippen molar-refractivity contribution in [1.29, 1.82) is 0 Å². The van der Waals surface area contributed by atoms with Crippen LogP contribution < -0.4 is 4.72 Å². The second-order valence-electron chi connectivity index (χ2n) is 4.91. The number of aliphatic hydroxyl groups excluding tert-OH is 1. The lowest BCUT2D eigenvalue weighted by Gasteiger charge is -2.32. The van der Waals surface area contributed by atoms with Gasteiger partial charge in [-0.2, -0.15) is 0 Å². The summed E-state index contributed by atoms with van der Waals surface area (Å²) in [6.07, 6.45) is 0. The number of sulfonamides is 1. The molecule has 2 N–H and O–H groups in total. The van der Waals surface area contributed by atoms with E-state index in [4.69, 9.17) is 5.11 Å². The van der Waals surface area contributed by atoms with Gasteiger partial charge in [-0.25, -0.2) is 13.1 Å². The SMILES string of the molecule is CN(C)C(C)(C)CNS(=O)(=O)c1ccc(CO)s1. The van der Waals surface area contributed by atoms with E-state index in [0.29, 0.717) is 11.4 Å². The molecule has 1 aromatic heterocycles. The van der Waals surface area contributed by atoms with Crippen molar-refractivity contribution in [3.05, 3.63) is 17.0 Å². The van der Waals surface area contributed by atoms with E-state index in [-0.39, 0.29) is 16.4 Å². The quantitative estimate of drug-likeness (QED) is 0.816. The summed E-state index contributed by atoms with van der Waals surface area (Å²) in [6, 6.07) is 3.14. The van der Waals surface area contributed by atoms with Gasteiger partial charge in [-0.3, -0.25) is 0 Å². The molecule has 1 rings (SSSR count). The van der Waals surface area contributed by atoms with Gasteiger partial charge in [0, 0.05) is 17.0 Å². The van der Waals surface area contributed by atoms with Gasteiger partial charge in [-0.1, -0.05) is 0 Å². The van der Waals surface area contributed by atoms with Gasteiger partial charge in [0.2, 0.25) is 10.0 Å². The van der Waals surface area contributed by atoms with Gasteiger partial charge in [0.15, 0.2) is 0 Å². The number of aliphatic hydroxyl groups is 1. The highest BCUT2D eigenvalue weighted by Gasteiger charge is 2.24. The first-order valence-corrected chi connectivity index (χ1v) is 7.86. The Hall–Kier alpha value is -0.470. The van der Waals surface area contributed by atoms with Gasteiger partial charge in [-0.05, 0) is 40.1 Å². The molecule has 0 spiro atoms. The molecule has 1 aromatic rings. The summed E-state index contributed by atoms with van der Waals surface area (Å²) < 4.78 is 26.9. The molecule has 18 heavy (non-hydrogen) atoms. The number of nitrogens with zero attached hydrogens (tertiary/aromatic N) is 1. The van der Waals surface area contributed by atoms with Gasteiger partial charge in [-0.15, -0.1) is 11.3 Å². The molecule has 7 heteroatoms. The van der Waals surface area contributed by atoms with Crippen LogP contribution >= 0.6 is 11.3 Å². The van der Waals surface area contributed by atoms with Crippen LogP contribution in [0.3, 0.4) is 0 Å². The van der Waals surface area contributed by atoms with Crippen LogP contribution in [-0.4, -0.2) is 44.6 Å². The van der Waals surface area contributed by atoms with Crippen molar-refractivity contribution in [2.24, 2.45) is 0 Å². The third-order valence-electron chi connectivity index (χ3n) is 2.96. The number of nitrogens with one attached hydrogen (secondary N) is 1. The van der Waals surface area contributed by atoms with E-state index in [1.165, 1.54) is 6.07 Å². The third kappa shape index (κ3) is 3.76. The van der Waals surface area contributed by atoms with E-state index in [2.05, 4.69) is 4.72 Å². The first-order valence-electron chi connectivity index (χ1n) is 5.56. The Morgan fingerprint density at radius 3 is 2.44 bits per heavy atom. The van der Waals surface area contributed by atoms with Gasteiger partial charge in [0.25, 0.3) is 0 Å². The summed E-state index contributed by atoms with van der Waals surface area (Å²) in [4.78, 5) is 2.60. The first kappa shape index (κ1) is 15.6. The fraction of sp³-hybridized carbons (Fsp3) is 0.636. The monoisotopic (exact) mass is 292 g/mol. The maximum absolute atomic E-state index is 12.0. The van der Waals surface area contributed by atoms with Crippen LogP contribution in [0.4, 0.5) is 0 Å². The largest absolute Gasteiger partial charge is 0.391 e. The molecule has 0 atom stereocenters. The number of thiophene rings is 1. The molecule has 1 heterocycles. The zero-order valence-corrected chi connectivity index (χ0v) is 12.7. The van der Waals surface area contributed by atoms with Gasteiger partial charge < -0.3 is 10.0 Å². The topological polar surface area (TPSA) is 69.6 Å². The number of rotatable bonds is 6. The molecule has 0 radical (unpaired) electrons. The van der Waals surface area contributed by atoms with Gasteiger partial charge in [0.05, 0.1) is 6.61 Å². The van der Waals surface area contributed by atoms with Crippen LogP contribution in [0.2, 0.25) is 0 Å². The minimum Gasteiger partial charge on any atom is -0.391 e. The van der Waals surface area contributed by atoms with Crippen molar-refractivity contribution in [2.75, 3.05) is 20.6 Å². The second-order valence-corrected chi connectivity index (χ2v) is 8.07. The van der Waals surface area contributed by atoms with Crippen molar-refractivity contribution in [3.8, 4) is 0 Å². The van der Waals surface area contributed by atoms with Crippen molar-refractivity contribution in [1.82, 2.24) is 9.62 Å². The summed E-state index contributed by atoms with van der Waals surface area (Å²) >= 11 is 1.08. The average molecular weight is 292 g/mol. The minimum atomic E-state index is -3.49. The Morgan fingerprint density at radius 2 is 2.00 bits per heavy atom. The predicted octanol–water partition coefficient (Wildman–Crippen LogP) is 0.859. The molecule has 5 nitrogen and oxygen atoms in total. The molecular weight excluding hydrogens is 272 g/mol. The Morgan fingerprint density at radius 1 is 1.39 bits per heavy atom. The predicted molar refractivity (Wildman–Crippen MR) is 73.2 cm³/mol. The van der Waals surface area contributed by atoms with Crippen LogP contribution in [0.25, 0.3) is 0 Å². The van der Waals surface area contributed by atoms with Crippen molar-refractivity contribution < 1.29 is 13.5 Å². The Bertz CT molecular complexity index is 492. The standard InChI is InChI=1S/C11H20N2O3S2/c1-11(2,13(3)4)8-12-18(15,16)10-6-5-9(7-14)17-10/h5-6,12,14H,7-8H2,1-4H3. The molecule has 0 bridgehead atoms. The van der Waals surface area contributed by atoms with Crippen molar-refractivity contribution in [3.63, 3.8) is 0 Å². The molecule has 0 unspecified atom stereocenters. The minimum absolute atomic E-state index is 0.136. The highest BCUT2D eigenvalue weighted by molar-refractivity contribution is 7.91. The van der Waals surface area contributed by atoms with Crippen molar-refractivity contribution >= 4 is 21.4 Å². The summed E-state index contributed by atoms with van der Waals surface area (Å²) in [5, 5.41) is 8.94. The highest BCUT2D eigenvalue weighted by atomic mass is 32.2. The lowest BCUT2D eigenvalue weighted by atomic mass is 10.1. The van der Waals surface area contributed by atoms with Crippen LogP contribution in [0.5, 0.6) is 0 Å². The van der Waals surface area contributed by atoms with Crippen molar-refractivity contribution in [2.45, 2.75) is 30.2 Å². The van der Waals surface area contributed by atoms with Gasteiger partial charge in [0.1, 0.15) is 4.21 Å². The molecule has 0 fully saturated rings. The average Bonchev–Trinajstić information content (AvgIpc) is 2.75. The second kappa shape index (κ2) is 5.66. The summed E-state index contributed by atoms with van der Waals surface area (Å²) in [5.74, 6) is 0.